The van der Waals surface area contributed by atoms with Crippen LogP contribution in [0, 0.1) is 5.92 Å². The van der Waals surface area contributed by atoms with Crippen molar-refractivity contribution in [3.63, 3.8) is 0 Å². The summed E-state index contributed by atoms with van der Waals surface area (Å²) in [5, 5.41) is 2.13. The summed E-state index contributed by atoms with van der Waals surface area (Å²) < 4.78 is 14.1. The van der Waals surface area contributed by atoms with E-state index in [2.05, 4.69) is 92.6 Å². The molecule has 1 aromatic carbocycles. The molecule has 0 amide bonds. The first kappa shape index (κ1) is 24.8. The van der Waals surface area contributed by atoms with Gasteiger partial charge < -0.3 is 14.1 Å². The molecule has 1 atom stereocenters. The Hall–Kier alpha value is -3.34. The predicted molar refractivity (Wildman–Crippen MR) is 145 cm³/mol. The molecule has 0 saturated heterocycles. The molecule has 1 aliphatic heterocycles. The molecule has 5 nitrogen and oxygen atoms in total. The number of carbonyl (C=O) groups is 1. The molecule has 1 heterocycles. The van der Waals surface area contributed by atoms with Crippen molar-refractivity contribution in [1.82, 2.24) is 4.58 Å². The molecule has 4 rings (SSSR count). The number of hydrogen-bond acceptors (Lipinski definition) is 4. The number of rotatable bonds is 7. The SMILES string of the molecule is CCN(CC)c1ccc2c(C3=C(C(=O)OC)C(C)CC=C3)c3ccc(=[N+](CC)CC)cc-3oc2c1. The second-order valence-electron chi connectivity index (χ2n) is 9.04. The molecule has 0 bridgehead atoms. The van der Waals surface area contributed by atoms with Crippen LogP contribution in [-0.4, -0.2) is 39.3 Å². The van der Waals surface area contributed by atoms with E-state index in [4.69, 9.17) is 9.15 Å². The smallest absolute Gasteiger partial charge is 0.334 e. The van der Waals surface area contributed by atoms with Crippen molar-refractivity contribution in [3.8, 4) is 11.3 Å². The van der Waals surface area contributed by atoms with Crippen LogP contribution >= 0.6 is 0 Å². The van der Waals surface area contributed by atoms with Crippen LogP contribution in [0.2, 0.25) is 0 Å². The van der Waals surface area contributed by atoms with Gasteiger partial charge in [0, 0.05) is 53.0 Å². The molecule has 0 fully saturated rings. The lowest BCUT2D eigenvalue weighted by molar-refractivity contribution is -0.136. The molecule has 0 saturated carbocycles. The van der Waals surface area contributed by atoms with Crippen LogP contribution in [0.4, 0.5) is 5.69 Å². The van der Waals surface area contributed by atoms with Crippen LogP contribution in [-0.2, 0) is 9.53 Å². The van der Waals surface area contributed by atoms with E-state index in [0.29, 0.717) is 0 Å². The summed E-state index contributed by atoms with van der Waals surface area (Å²) in [7, 11) is 1.46. The first-order chi connectivity index (χ1) is 17.0. The Labute approximate surface area is 208 Å². The largest absolute Gasteiger partial charge is 0.466 e. The van der Waals surface area contributed by atoms with Gasteiger partial charge in [0.25, 0.3) is 0 Å². The fourth-order valence-electron chi connectivity index (χ4n) is 5.23. The quantitative estimate of drug-likeness (QED) is 0.250. The van der Waals surface area contributed by atoms with E-state index in [-0.39, 0.29) is 11.9 Å². The molecule has 3 aliphatic rings. The molecule has 5 heteroatoms. The molecule has 0 radical (unpaired) electrons. The minimum absolute atomic E-state index is 0.0783. The van der Waals surface area contributed by atoms with Gasteiger partial charge in [0.15, 0.2) is 0 Å². The van der Waals surface area contributed by atoms with E-state index in [1.807, 2.05) is 0 Å². The van der Waals surface area contributed by atoms with Crippen molar-refractivity contribution >= 4 is 28.2 Å². The highest BCUT2D eigenvalue weighted by atomic mass is 16.5. The lowest BCUT2D eigenvalue weighted by atomic mass is 9.82. The standard InChI is InChI=1S/C30H37N2O3/c1-7-31(8-2)21-14-16-23-26(18-21)35-27-19-22(32(9-3)10-4)15-17-24(27)29(23)25-13-11-12-20(5)28(25)30(33)34-6/h11,13-20H,7-10,12H2,1-6H3/q+1. The van der Waals surface area contributed by atoms with Gasteiger partial charge in [-0.2, -0.15) is 0 Å². The Kier molecular flexibility index (Phi) is 7.44. The number of esters is 1. The Morgan fingerprint density at radius 3 is 2.49 bits per heavy atom. The second-order valence-corrected chi connectivity index (χ2v) is 9.04. The predicted octanol–water partition coefficient (Wildman–Crippen LogP) is 5.72. The summed E-state index contributed by atoms with van der Waals surface area (Å²) in [4.78, 5) is 15.2. The summed E-state index contributed by atoms with van der Waals surface area (Å²) >= 11 is 0. The van der Waals surface area contributed by atoms with Crippen molar-refractivity contribution in [2.24, 2.45) is 5.92 Å². The number of allylic oxidation sites excluding steroid dienone is 3. The van der Waals surface area contributed by atoms with Crippen LogP contribution < -0.4 is 14.8 Å². The number of carbonyl (C=O) groups excluding carboxylic acids is 1. The molecule has 0 N–H and O–H groups in total. The number of methoxy groups -OCH3 is 1. The molecule has 1 aromatic rings. The molecule has 1 unspecified atom stereocenters. The Bertz CT molecular complexity index is 1340. The number of fused-ring (bicyclic) bond motifs is 2. The first-order valence-corrected chi connectivity index (χ1v) is 12.8. The summed E-state index contributed by atoms with van der Waals surface area (Å²) in [5.74, 6) is 0.630. The minimum atomic E-state index is -0.265. The van der Waals surface area contributed by atoms with Gasteiger partial charge in [-0.3, -0.25) is 0 Å². The van der Waals surface area contributed by atoms with E-state index >= 15 is 0 Å². The van der Waals surface area contributed by atoms with Crippen LogP contribution in [0.5, 0.6) is 0 Å². The summed E-state index contributed by atoms with van der Waals surface area (Å²) in [6, 6.07) is 12.8. The Morgan fingerprint density at radius 1 is 1.09 bits per heavy atom. The Morgan fingerprint density at radius 2 is 1.83 bits per heavy atom. The molecule has 2 aliphatic carbocycles. The maximum Gasteiger partial charge on any atom is 0.334 e. The zero-order chi connectivity index (χ0) is 25.1. The molecule has 0 spiro atoms. The van der Waals surface area contributed by atoms with Gasteiger partial charge in [-0.15, -0.1) is 0 Å². The Balaban J connectivity index is 2.14. The third-order valence-electron chi connectivity index (χ3n) is 7.18. The van der Waals surface area contributed by atoms with E-state index < -0.39 is 0 Å². The van der Waals surface area contributed by atoms with Crippen LogP contribution in [0.3, 0.4) is 0 Å². The van der Waals surface area contributed by atoms with Crippen LogP contribution in [0.15, 0.2) is 58.5 Å². The lowest BCUT2D eigenvalue weighted by Gasteiger charge is -2.25. The normalized spacial score (nSPS) is 15.7. The lowest BCUT2D eigenvalue weighted by Crippen LogP contribution is -2.29. The van der Waals surface area contributed by atoms with Gasteiger partial charge in [0.1, 0.15) is 24.4 Å². The summed E-state index contributed by atoms with van der Waals surface area (Å²) in [6.45, 7) is 14.4. The van der Waals surface area contributed by atoms with Gasteiger partial charge in [-0.05, 0) is 63.8 Å². The van der Waals surface area contributed by atoms with Crippen LogP contribution in [0.25, 0.3) is 27.9 Å². The van der Waals surface area contributed by atoms with Crippen molar-refractivity contribution in [3.05, 3.63) is 65.0 Å². The highest BCUT2D eigenvalue weighted by molar-refractivity contribution is 6.09. The highest BCUT2D eigenvalue weighted by Crippen LogP contribution is 2.42. The van der Waals surface area contributed by atoms with Gasteiger partial charge >= 0.3 is 5.97 Å². The molecular formula is C30H37N2O3+. The summed E-state index contributed by atoms with van der Waals surface area (Å²) in [5.41, 5.74) is 5.63. The average molecular weight is 474 g/mol. The van der Waals surface area contributed by atoms with E-state index in [9.17, 15) is 4.79 Å². The van der Waals surface area contributed by atoms with E-state index in [0.717, 1.165) is 82.6 Å². The number of ether oxygens (including phenoxy) is 1. The molecule has 184 valence electrons. The average Bonchev–Trinajstić information content (AvgIpc) is 2.88. The van der Waals surface area contributed by atoms with Crippen LogP contribution in [0.1, 0.15) is 46.6 Å². The fourth-order valence-corrected chi connectivity index (χ4v) is 5.23. The van der Waals surface area contributed by atoms with Gasteiger partial charge in [-0.25, -0.2) is 9.37 Å². The van der Waals surface area contributed by atoms with Gasteiger partial charge in [-0.1, -0.05) is 19.1 Å². The maximum absolute atomic E-state index is 12.9. The van der Waals surface area contributed by atoms with Crippen molar-refractivity contribution in [1.29, 1.82) is 0 Å². The first-order valence-electron chi connectivity index (χ1n) is 12.8. The molecular weight excluding hydrogens is 436 g/mol. The molecule has 0 aromatic heterocycles. The van der Waals surface area contributed by atoms with E-state index in [1.54, 1.807) is 0 Å². The number of nitrogens with zero attached hydrogens (tertiary/aromatic N) is 2. The monoisotopic (exact) mass is 473 g/mol. The summed E-state index contributed by atoms with van der Waals surface area (Å²) in [6.07, 6.45) is 5.05. The van der Waals surface area contributed by atoms with E-state index in [1.165, 1.54) is 7.11 Å². The molecule has 35 heavy (non-hydrogen) atoms. The highest BCUT2D eigenvalue weighted by Gasteiger charge is 2.28. The topological polar surface area (TPSA) is 45.7 Å². The van der Waals surface area contributed by atoms with Gasteiger partial charge in [0.05, 0.1) is 13.2 Å². The zero-order valence-corrected chi connectivity index (χ0v) is 21.9. The number of benzene rings is 2. The maximum atomic E-state index is 12.9. The fraction of sp³-hybridized carbons (Fsp3) is 0.400. The van der Waals surface area contributed by atoms with Crippen molar-refractivity contribution < 1.29 is 13.9 Å². The minimum Gasteiger partial charge on any atom is -0.466 e. The zero-order valence-electron chi connectivity index (χ0n) is 21.9. The number of anilines is 1. The van der Waals surface area contributed by atoms with Gasteiger partial charge in [0.2, 0.25) is 5.36 Å². The van der Waals surface area contributed by atoms with Crippen molar-refractivity contribution in [2.45, 2.75) is 41.0 Å². The van der Waals surface area contributed by atoms with Crippen molar-refractivity contribution in [2.75, 3.05) is 38.2 Å². The third kappa shape index (κ3) is 4.52. The second kappa shape index (κ2) is 10.5. The third-order valence-corrected chi connectivity index (χ3v) is 7.18. The number of hydrogen-bond donors (Lipinski definition) is 0.